The number of hydrogen-bond donors (Lipinski definition) is 3. The number of amides is 1. The average Bonchev–Trinajstić information content (AvgIpc) is 2.29. The third kappa shape index (κ3) is 2.75. The van der Waals surface area contributed by atoms with Crippen molar-refractivity contribution in [2.24, 2.45) is 0 Å². The highest BCUT2D eigenvalue weighted by Gasteiger charge is 2.49. The molecule has 0 unspecified atom stereocenters. The molecular weight excluding hydrogens is 230 g/mol. The molecule has 0 spiro atoms. The van der Waals surface area contributed by atoms with Crippen LogP contribution in [-0.2, 0) is 9.53 Å². The molecule has 1 amide bonds. The van der Waals surface area contributed by atoms with Crippen molar-refractivity contribution in [3.05, 3.63) is 12.7 Å². The molecule has 1 aliphatic rings. The topological polar surface area (TPSA) is 107 Å². The van der Waals surface area contributed by atoms with Gasteiger partial charge in [-0.2, -0.15) is 0 Å². The fourth-order valence-electron chi connectivity index (χ4n) is 1.58. The van der Waals surface area contributed by atoms with Gasteiger partial charge in [0.1, 0.15) is 6.61 Å². The van der Waals surface area contributed by atoms with E-state index in [0.717, 1.165) is 4.90 Å². The van der Waals surface area contributed by atoms with Gasteiger partial charge in [-0.05, 0) is 6.42 Å². The zero-order chi connectivity index (χ0) is 13.1. The molecule has 0 aliphatic carbocycles. The zero-order valence-corrected chi connectivity index (χ0v) is 9.20. The largest absolute Gasteiger partial charge is 0.479 e. The van der Waals surface area contributed by atoms with Crippen LogP contribution in [0.3, 0.4) is 0 Å². The summed E-state index contributed by atoms with van der Waals surface area (Å²) in [6, 6.07) is 0. The minimum atomic E-state index is -2.34. The second-order valence-electron chi connectivity index (χ2n) is 3.82. The number of aliphatic carboxylic acids is 1. The van der Waals surface area contributed by atoms with E-state index in [1.54, 1.807) is 0 Å². The maximum absolute atomic E-state index is 11.4. The van der Waals surface area contributed by atoms with Gasteiger partial charge < -0.3 is 25.0 Å². The number of aliphatic hydroxyl groups is 2. The number of β-amino-alcohol motifs (C(OH)–C–C–N with tert-alkyl or cyclic N) is 1. The van der Waals surface area contributed by atoms with Gasteiger partial charge >= 0.3 is 12.1 Å². The van der Waals surface area contributed by atoms with E-state index in [-0.39, 0.29) is 19.6 Å². The van der Waals surface area contributed by atoms with E-state index < -0.39 is 30.3 Å². The predicted octanol–water partition coefficient (Wildman–Crippen LogP) is -0.809. The molecule has 0 aromatic rings. The van der Waals surface area contributed by atoms with Crippen molar-refractivity contribution in [1.29, 1.82) is 0 Å². The van der Waals surface area contributed by atoms with Gasteiger partial charge in [-0.1, -0.05) is 12.7 Å². The summed E-state index contributed by atoms with van der Waals surface area (Å²) in [6.45, 7) is 3.00. The van der Waals surface area contributed by atoms with Gasteiger partial charge in [0.15, 0.2) is 0 Å². The molecule has 96 valence electrons. The first-order valence-corrected chi connectivity index (χ1v) is 5.08. The van der Waals surface area contributed by atoms with Crippen LogP contribution in [0.2, 0.25) is 0 Å². The molecule has 2 atom stereocenters. The summed E-state index contributed by atoms with van der Waals surface area (Å²) in [6.07, 6.45) is -0.786. The van der Waals surface area contributed by atoms with Gasteiger partial charge in [0, 0.05) is 6.54 Å². The molecule has 0 radical (unpaired) electrons. The average molecular weight is 245 g/mol. The third-order valence-corrected chi connectivity index (χ3v) is 2.61. The van der Waals surface area contributed by atoms with Crippen LogP contribution in [0.15, 0.2) is 12.7 Å². The summed E-state index contributed by atoms with van der Waals surface area (Å²) >= 11 is 0. The van der Waals surface area contributed by atoms with Gasteiger partial charge in [0.2, 0.25) is 5.60 Å². The Morgan fingerprint density at radius 1 is 1.59 bits per heavy atom. The number of carboxylic acids is 1. The van der Waals surface area contributed by atoms with E-state index in [9.17, 15) is 19.8 Å². The molecule has 1 fully saturated rings. The number of carboxylic acid groups (broad SMARTS) is 1. The lowest BCUT2D eigenvalue weighted by atomic mass is 9.90. The second-order valence-corrected chi connectivity index (χ2v) is 3.82. The Hall–Kier alpha value is -1.60. The maximum atomic E-state index is 11.4. The Kier molecular flexibility index (Phi) is 4.08. The van der Waals surface area contributed by atoms with E-state index in [2.05, 4.69) is 6.58 Å². The van der Waals surface area contributed by atoms with Crippen molar-refractivity contribution in [2.45, 2.75) is 18.1 Å². The van der Waals surface area contributed by atoms with Crippen LogP contribution in [-0.4, -0.2) is 63.7 Å². The number of aliphatic hydroxyl groups excluding tert-OH is 1. The predicted molar refractivity (Wildman–Crippen MR) is 56.3 cm³/mol. The third-order valence-electron chi connectivity index (χ3n) is 2.61. The monoisotopic (exact) mass is 245 g/mol. The van der Waals surface area contributed by atoms with Gasteiger partial charge in [0.25, 0.3) is 0 Å². The van der Waals surface area contributed by atoms with Crippen LogP contribution >= 0.6 is 0 Å². The summed E-state index contributed by atoms with van der Waals surface area (Å²) in [4.78, 5) is 23.4. The van der Waals surface area contributed by atoms with Crippen LogP contribution < -0.4 is 0 Å². The fraction of sp³-hybridized carbons (Fsp3) is 0.600. The number of piperidine rings is 1. The van der Waals surface area contributed by atoms with Crippen molar-refractivity contribution >= 4 is 12.1 Å². The molecule has 1 rings (SSSR count). The van der Waals surface area contributed by atoms with Crippen molar-refractivity contribution in [3.8, 4) is 0 Å². The van der Waals surface area contributed by atoms with Crippen LogP contribution in [0.1, 0.15) is 6.42 Å². The van der Waals surface area contributed by atoms with Crippen LogP contribution in [0.4, 0.5) is 4.79 Å². The minimum absolute atomic E-state index is 0.00336. The number of carbonyl (C=O) groups is 2. The number of hydrogen-bond acceptors (Lipinski definition) is 5. The lowest BCUT2D eigenvalue weighted by Crippen LogP contribution is -2.62. The molecule has 0 aromatic heterocycles. The number of rotatable bonds is 3. The van der Waals surface area contributed by atoms with Crippen LogP contribution in [0.25, 0.3) is 0 Å². The lowest BCUT2D eigenvalue weighted by molar-refractivity contribution is -0.180. The Balaban J connectivity index is 2.70. The van der Waals surface area contributed by atoms with Gasteiger partial charge in [-0.15, -0.1) is 0 Å². The summed E-state index contributed by atoms with van der Waals surface area (Å²) in [5.74, 6) is -1.56. The molecule has 1 aliphatic heterocycles. The quantitative estimate of drug-likeness (QED) is 0.561. The molecule has 0 bridgehead atoms. The summed E-state index contributed by atoms with van der Waals surface area (Å²) < 4.78 is 4.72. The number of nitrogens with zero attached hydrogens (tertiary/aromatic N) is 1. The van der Waals surface area contributed by atoms with E-state index in [1.807, 2.05) is 0 Å². The smallest absolute Gasteiger partial charge is 0.410 e. The summed E-state index contributed by atoms with van der Waals surface area (Å²) in [7, 11) is 0. The summed E-state index contributed by atoms with van der Waals surface area (Å²) in [5.41, 5.74) is -2.34. The van der Waals surface area contributed by atoms with Gasteiger partial charge in [-0.3, -0.25) is 0 Å². The first kappa shape index (κ1) is 13.5. The van der Waals surface area contributed by atoms with E-state index in [1.165, 1.54) is 6.08 Å². The fourth-order valence-corrected chi connectivity index (χ4v) is 1.58. The number of ether oxygens (including phenoxy) is 1. The van der Waals surface area contributed by atoms with Gasteiger partial charge in [-0.25, -0.2) is 9.59 Å². The lowest BCUT2D eigenvalue weighted by Gasteiger charge is -2.38. The first-order valence-electron chi connectivity index (χ1n) is 5.08. The van der Waals surface area contributed by atoms with Crippen molar-refractivity contribution in [2.75, 3.05) is 19.7 Å². The SMILES string of the molecule is C=CCOC(=O)N1CC[C@@H](O)[C@](O)(C(=O)O)C1. The van der Waals surface area contributed by atoms with Crippen LogP contribution in [0, 0.1) is 0 Å². The Labute approximate surface area is 97.9 Å². The molecule has 1 saturated heterocycles. The maximum Gasteiger partial charge on any atom is 0.410 e. The molecule has 0 saturated carbocycles. The molecule has 7 nitrogen and oxygen atoms in total. The Morgan fingerprint density at radius 3 is 2.76 bits per heavy atom. The highest BCUT2D eigenvalue weighted by atomic mass is 16.6. The standard InChI is InChI=1S/C10H15NO6/c1-2-5-17-9(15)11-4-3-7(12)10(16,6-11)8(13)14/h2,7,12,16H,1,3-6H2,(H,13,14)/t7-,10+/m1/s1. The normalized spacial score (nSPS) is 28.6. The van der Waals surface area contributed by atoms with Crippen molar-refractivity contribution in [1.82, 2.24) is 4.90 Å². The van der Waals surface area contributed by atoms with E-state index in [4.69, 9.17) is 9.84 Å². The summed E-state index contributed by atoms with van der Waals surface area (Å²) in [5, 5.41) is 28.0. The number of carbonyl (C=O) groups excluding carboxylic acids is 1. The van der Waals surface area contributed by atoms with Crippen LogP contribution in [0.5, 0.6) is 0 Å². The van der Waals surface area contributed by atoms with Crippen molar-refractivity contribution in [3.63, 3.8) is 0 Å². The molecule has 1 heterocycles. The van der Waals surface area contributed by atoms with E-state index in [0.29, 0.717) is 0 Å². The molecule has 3 N–H and O–H groups in total. The van der Waals surface area contributed by atoms with E-state index >= 15 is 0 Å². The molecule has 0 aromatic carbocycles. The minimum Gasteiger partial charge on any atom is -0.479 e. The number of likely N-dealkylation sites (tertiary alicyclic amines) is 1. The Bertz CT molecular complexity index is 331. The second kappa shape index (κ2) is 5.15. The van der Waals surface area contributed by atoms with Crippen molar-refractivity contribution < 1.29 is 29.6 Å². The molecular formula is C10H15NO6. The zero-order valence-electron chi connectivity index (χ0n) is 9.20. The molecule has 17 heavy (non-hydrogen) atoms. The highest BCUT2D eigenvalue weighted by molar-refractivity contribution is 5.80. The first-order chi connectivity index (χ1) is 7.91. The molecule has 7 heteroatoms. The Morgan fingerprint density at radius 2 is 2.24 bits per heavy atom. The highest BCUT2D eigenvalue weighted by Crippen LogP contribution is 2.22. The van der Waals surface area contributed by atoms with Gasteiger partial charge in [0.05, 0.1) is 12.6 Å².